The molecule has 2 rings (SSSR count). The minimum Gasteiger partial charge on any atom is -0.352 e. The van der Waals surface area contributed by atoms with Crippen molar-refractivity contribution >= 4 is 15.8 Å². The van der Waals surface area contributed by atoms with E-state index in [0.29, 0.717) is 24.6 Å². The van der Waals surface area contributed by atoms with Gasteiger partial charge in [0.2, 0.25) is 0 Å². The third-order valence-corrected chi connectivity index (χ3v) is 4.40. The van der Waals surface area contributed by atoms with E-state index in [9.17, 15) is 12.8 Å². The molecule has 0 aromatic heterocycles. The molecule has 0 amide bonds. The lowest BCUT2D eigenvalue weighted by Crippen LogP contribution is -2.36. The first-order chi connectivity index (χ1) is 11.9. The number of nitrogens with zero attached hydrogens (tertiary/aromatic N) is 1. The van der Waals surface area contributed by atoms with Crippen molar-refractivity contribution in [3.63, 3.8) is 0 Å². The van der Waals surface area contributed by atoms with Crippen molar-refractivity contribution in [2.24, 2.45) is 4.99 Å². The number of nitrogens with one attached hydrogen (secondary N) is 2. The molecule has 25 heavy (non-hydrogen) atoms. The predicted molar refractivity (Wildman–Crippen MR) is 98.4 cm³/mol. The van der Waals surface area contributed by atoms with Crippen LogP contribution in [0.3, 0.4) is 0 Å². The van der Waals surface area contributed by atoms with E-state index in [2.05, 4.69) is 15.6 Å². The molecule has 0 atom stereocenters. The highest BCUT2D eigenvalue weighted by molar-refractivity contribution is 7.89. The van der Waals surface area contributed by atoms with Crippen LogP contribution in [0.4, 0.5) is 4.39 Å². The summed E-state index contributed by atoms with van der Waals surface area (Å²) >= 11 is 0. The van der Waals surface area contributed by atoms with E-state index in [1.807, 2.05) is 12.1 Å². The summed E-state index contributed by atoms with van der Waals surface area (Å²) in [5.74, 6) is 0.336. The summed E-state index contributed by atoms with van der Waals surface area (Å²) in [6, 6.07) is 13.9. The molecule has 0 unspecified atom stereocenters. The first-order valence-electron chi connectivity index (χ1n) is 7.81. The van der Waals surface area contributed by atoms with Crippen molar-refractivity contribution in [2.75, 3.05) is 13.3 Å². The lowest BCUT2D eigenvalue weighted by atomic mass is 10.1. The van der Waals surface area contributed by atoms with E-state index in [4.69, 9.17) is 0 Å². The Morgan fingerprint density at radius 3 is 2.20 bits per heavy atom. The summed E-state index contributed by atoms with van der Waals surface area (Å²) in [5, 5.41) is 6.20. The Kier molecular flexibility index (Phi) is 6.52. The van der Waals surface area contributed by atoms with Gasteiger partial charge in [0, 0.05) is 32.0 Å². The number of sulfone groups is 1. The molecule has 0 aliphatic rings. The second-order valence-corrected chi connectivity index (χ2v) is 7.90. The molecule has 2 N–H and O–H groups in total. The molecule has 2 aromatic rings. The maximum Gasteiger partial charge on any atom is 0.191 e. The average Bonchev–Trinajstić information content (AvgIpc) is 2.56. The Balaban J connectivity index is 1.87. The number of halogens is 1. The largest absolute Gasteiger partial charge is 0.352 e. The Hall–Kier alpha value is -2.41. The maximum atomic E-state index is 13.6. The molecule has 0 aliphatic heterocycles. The lowest BCUT2D eigenvalue weighted by molar-refractivity contribution is 0.601. The van der Waals surface area contributed by atoms with Gasteiger partial charge >= 0.3 is 0 Å². The van der Waals surface area contributed by atoms with Crippen molar-refractivity contribution in [1.82, 2.24) is 10.6 Å². The van der Waals surface area contributed by atoms with Crippen LogP contribution in [-0.4, -0.2) is 27.7 Å². The summed E-state index contributed by atoms with van der Waals surface area (Å²) in [4.78, 5) is 4.11. The van der Waals surface area contributed by atoms with Crippen LogP contribution in [0.1, 0.15) is 16.7 Å². The topological polar surface area (TPSA) is 70.6 Å². The van der Waals surface area contributed by atoms with Crippen LogP contribution < -0.4 is 10.6 Å². The number of rotatable bonds is 6. The summed E-state index contributed by atoms with van der Waals surface area (Å²) < 4.78 is 36.2. The molecule has 0 radical (unpaired) electrons. The predicted octanol–water partition coefficient (Wildman–Crippen LogP) is 2.24. The van der Waals surface area contributed by atoms with Gasteiger partial charge in [0.15, 0.2) is 15.8 Å². The summed E-state index contributed by atoms with van der Waals surface area (Å²) in [7, 11) is -1.39. The minimum atomic E-state index is -3.03. The number of guanidine groups is 1. The van der Waals surface area contributed by atoms with Crippen molar-refractivity contribution in [3.8, 4) is 0 Å². The van der Waals surface area contributed by atoms with Crippen LogP contribution in [-0.2, 0) is 28.7 Å². The van der Waals surface area contributed by atoms with E-state index in [1.165, 1.54) is 12.3 Å². The van der Waals surface area contributed by atoms with Gasteiger partial charge in [-0.25, -0.2) is 12.8 Å². The lowest BCUT2D eigenvalue weighted by Gasteiger charge is -2.12. The van der Waals surface area contributed by atoms with Crippen molar-refractivity contribution in [3.05, 3.63) is 71.0 Å². The van der Waals surface area contributed by atoms with Crippen LogP contribution in [0.5, 0.6) is 0 Å². The van der Waals surface area contributed by atoms with Gasteiger partial charge < -0.3 is 10.6 Å². The molecule has 0 bridgehead atoms. The molecule has 0 fully saturated rings. The maximum absolute atomic E-state index is 13.6. The van der Waals surface area contributed by atoms with E-state index in [0.717, 1.165) is 11.1 Å². The molecule has 134 valence electrons. The molecule has 5 nitrogen and oxygen atoms in total. The van der Waals surface area contributed by atoms with Gasteiger partial charge in [-0.1, -0.05) is 42.5 Å². The fourth-order valence-electron chi connectivity index (χ4n) is 2.28. The zero-order valence-electron chi connectivity index (χ0n) is 14.3. The van der Waals surface area contributed by atoms with Crippen LogP contribution in [0.15, 0.2) is 53.5 Å². The summed E-state index contributed by atoms with van der Waals surface area (Å²) in [6.45, 7) is 0.857. The molecule has 7 heteroatoms. The van der Waals surface area contributed by atoms with Crippen molar-refractivity contribution in [1.29, 1.82) is 0 Å². The van der Waals surface area contributed by atoms with E-state index < -0.39 is 9.84 Å². The fourth-order valence-corrected chi connectivity index (χ4v) is 3.08. The van der Waals surface area contributed by atoms with Gasteiger partial charge in [0.05, 0.1) is 5.75 Å². The normalized spacial score (nSPS) is 12.0. The summed E-state index contributed by atoms with van der Waals surface area (Å²) in [5.41, 5.74) is 2.31. The first-order valence-corrected chi connectivity index (χ1v) is 9.87. The number of hydrogen-bond acceptors (Lipinski definition) is 3. The SMILES string of the molecule is CN=C(NCc1ccc(CS(C)(=O)=O)cc1)NCc1ccccc1F. The molecule has 2 aromatic carbocycles. The van der Waals surface area contributed by atoms with Crippen LogP contribution in [0.2, 0.25) is 0 Å². The second kappa shape index (κ2) is 8.62. The average molecular weight is 363 g/mol. The minimum absolute atomic E-state index is 0.0343. The zero-order valence-corrected chi connectivity index (χ0v) is 15.1. The molecular weight excluding hydrogens is 341 g/mol. The fraction of sp³-hybridized carbons (Fsp3) is 0.278. The first kappa shape index (κ1) is 18.9. The van der Waals surface area contributed by atoms with Gasteiger partial charge in [-0.05, 0) is 17.2 Å². The number of benzene rings is 2. The third-order valence-electron chi connectivity index (χ3n) is 3.54. The van der Waals surface area contributed by atoms with Crippen molar-refractivity contribution < 1.29 is 12.8 Å². The third kappa shape index (κ3) is 6.54. The number of hydrogen-bond donors (Lipinski definition) is 2. The zero-order chi connectivity index (χ0) is 18.3. The van der Waals surface area contributed by atoms with Crippen molar-refractivity contribution in [2.45, 2.75) is 18.8 Å². The Labute approximate surface area is 147 Å². The van der Waals surface area contributed by atoms with Gasteiger partial charge in [-0.2, -0.15) is 0 Å². The van der Waals surface area contributed by atoms with Gasteiger partial charge in [0.1, 0.15) is 5.82 Å². The monoisotopic (exact) mass is 363 g/mol. The van der Waals surface area contributed by atoms with Crippen LogP contribution in [0.25, 0.3) is 0 Å². The molecule has 0 saturated carbocycles. The Bertz CT molecular complexity index is 834. The molecule has 0 aliphatic carbocycles. The van der Waals surface area contributed by atoms with Crippen LogP contribution in [0, 0.1) is 5.82 Å². The second-order valence-electron chi connectivity index (χ2n) is 5.76. The quantitative estimate of drug-likeness (QED) is 0.610. The van der Waals surface area contributed by atoms with Gasteiger partial charge in [-0.15, -0.1) is 0 Å². The van der Waals surface area contributed by atoms with Gasteiger partial charge in [0.25, 0.3) is 0 Å². The highest BCUT2D eigenvalue weighted by Crippen LogP contribution is 2.08. The van der Waals surface area contributed by atoms with Crippen LogP contribution >= 0.6 is 0 Å². The Morgan fingerprint density at radius 2 is 1.60 bits per heavy atom. The van der Waals surface area contributed by atoms with E-state index >= 15 is 0 Å². The molecule has 0 saturated heterocycles. The summed E-state index contributed by atoms with van der Waals surface area (Å²) in [6.07, 6.45) is 1.22. The molecule has 0 spiro atoms. The Morgan fingerprint density at radius 1 is 1.00 bits per heavy atom. The van der Waals surface area contributed by atoms with E-state index in [1.54, 1.807) is 37.4 Å². The van der Waals surface area contributed by atoms with Gasteiger partial charge in [-0.3, -0.25) is 4.99 Å². The molecular formula is C18H22FN3O2S. The highest BCUT2D eigenvalue weighted by Gasteiger charge is 2.05. The van der Waals surface area contributed by atoms with E-state index in [-0.39, 0.29) is 11.6 Å². The number of aliphatic imine (C=N–C) groups is 1. The smallest absolute Gasteiger partial charge is 0.191 e. The standard InChI is InChI=1S/C18H22FN3O2S/c1-20-18(22-12-16-5-3-4-6-17(16)19)21-11-14-7-9-15(10-8-14)13-25(2,23)24/h3-10H,11-13H2,1-2H3,(H2,20,21,22). The highest BCUT2D eigenvalue weighted by atomic mass is 32.2. The molecule has 0 heterocycles.